The van der Waals surface area contributed by atoms with E-state index >= 15 is 0 Å². The summed E-state index contributed by atoms with van der Waals surface area (Å²) in [4.78, 5) is 5.71. The molecule has 20 heavy (non-hydrogen) atoms. The first-order chi connectivity index (χ1) is 9.90. The molecule has 2 aromatic rings. The molecule has 3 heterocycles. The van der Waals surface area contributed by atoms with Crippen molar-refractivity contribution in [1.29, 1.82) is 0 Å². The Morgan fingerprint density at radius 3 is 2.90 bits per heavy atom. The molecule has 1 fully saturated rings. The number of thioether (sulfide) groups is 2. The number of rotatable bonds is 5. The van der Waals surface area contributed by atoms with E-state index in [4.69, 9.17) is 4.52 Å². The standard InChI is InChI=1S/C13H17N3OS3/c1-2-11(20-3-1)6-12-15-13(17-16-12)7-14-10-8-18-4-5-19-9-10/h1-3,10,14H,4-9H2. The maximum atomic E-state index is 5.30. The molecule has 0 spiro atoms. The highest BCUT2D eigenvalue weighted by Gasteiger charge is 2.14. The molecule has 0 saturated carbocycles. The van der Waals surface area contributed by atoms with E-state index in [9.17, 15) is 0 Å². The molecule has 1 aliphatic heterocycles. The molecule has 1 N–H and O–H groups in total. The first kappa shape index (κ1) is 14.4. The minimum atomic E-state index is 0.542. The van der Waals surface area contributed by atoms with Gasteiger partial charge in [-0.25, -0.2) is 0 Å². The lowest BCUT2D eigenvalue weighted by Crippen LogP contribution is -2.32. The molecule has 7 heteroatoms. The third-order valence-corrected chi connectivity index (χ3v) is 6.37. The van der Waals surface area contributed by atoms with Crippen molar-refractivity contribution < 1.29 is 4.52 Å². The summed E-state index contributed by atoms with van der Waals surface area (Å²) < 4.78 is 5.30. The van der Waals surface area contributed by atoms with Crippen molar-refractivity contribution in [3.63, 3.8) is 0 Å². The first-order valence-electron chi connectivity index (χ1n) is 6.63. The van der Waals surface area contributed by atoms with Crippen LogP contribution in [0.5, 0.6) is 0 Å². The fourth-order valence-corrected chi connectivity index (χ4v) is 5.14. The Hall–Kier alpha value is -0.500. The van der Waals surface area contributed by atoms with Crippen LogP contribution in [0.3, 0.4) is 0 Å². The second-order valence-electron chi connectivity index (χ2n) is 4.59. The van der Waals surface area contributed by atoms with Crippen molar-refractivity contribution >= 4 is 34.9 Å². The van der Waals surface area contributed by atoms with Crippen molar-refractivity contribution in [2.45, 2.75) is 19.0 Å². The molecule has 0 amide bonds. The van der Waals surface area contributed by atoms with Crippen LogP contribution < -0.4 is 5.32 Å². The van der Waals surface area contributed by atoms with Gasteiger partial charge in [-0.15, -0.1) is 11.3 Å². The molecule has 0 aliphatic carbocycles. The van der Waals surface area contributed by atoms with E-state index in [1.54, 1.807) is 11.3 Å². The quantitative estimate of drug-likeness (QED) is 0.911. The van der Waals surface area contributed by atoms with Gasteiger partial charge in [0.2, 0.25) is 5.89 Å². The molecule has 2 aromatic heterocycles. The predicted octanol–water partition coefficient (Wildman–Crippen LogP) is 2.66. The van der Waals surface area contributed by atoms with Crippen LogP contribution in [0.25, 0.3) is 0 Å². The van der Waals surface area contributed by atoms with Crippen molar-refractivity contribution in [1.82, 2.24) is 15.5 Å². The van der Waals surface area contributed by atoms with Gasteiger partial charge in [-0.05, 0) is 11.4 Å². The summed E-state index contributed by atoms with van der Waals surface area (Å²) in [6.07, 6.45) is 0.760. The monoisotopic (exact) mass is 327 g/mol. The Labute approximate surface area is 131 Å². The maximum absolute atomic E-state index is 5.30. The number of nitrogens with zero attached hydrogens (tertiary/aromatic N) is 2. The summed E-state index contributed by atoms with van der Waals surface area (Å²) >= 11 is 5.76. The Bertz CT molecular complexity index is 507. The van der Waals surface area contributed by atoms with Crippen LogP contribution in [-0.2, 0) is 13.0 Å². The Morgan fingerprint density at radius 1 is 1.30 bits per heavy atom. The zero-order valence-corrected chi connectivity index (χ0v) is 13.5. The summed E-state index contributed by atoms with van der Waals surface area (Å²) in [6, 6.07) is 4.68. The molecular weight excluding hydrogens is 310 g/mol. The van der Waals surface area contributed by atoms with Gasteiger partial charge in [0, 0.05) is 40.4 Å². The smallest absolute Gasteiger partial charge is 0.240 e. The van der Waals surface area contributed by atoms with Crippen LogP contribution in [-0.4, -0.2) is 39.2 Å². The summed E-state index contributed by atoms with van der Waals surface area (Å²) in [7, 11) is 0. The zero-order chi connectivity index (χ0) is 13.6. The number of thiophene rings is 1. The van der Waals surface area contributed by atoms with Gasteiger partial charge in [0.05, 0.1) is 6.54 Å². The normalized spacial score (nSPS) is 17.2. The summed E-state index contributed by atoms with van der Waals surface area (Å²) in [6.45, 7) is 0.670. The van der Waals surface area contributed by atoms with Crippen molar-refractivity contribution in [3.8, 4) is 0 Å². The Balaban J connectivity index is 1.49. The van der Waals surface area contributed by atoms with Crippen LogP contribution in [0.2, 0.25) is 0 Å². The molecule has 0 atom stereocenters. The average molecular weight is 328 g/mol. The van der Waals surface area contributed by atoms with E-state index in [0.717, 1.165) is 12.2 Å². The lowest BCUT2D eigenvalue weighted by molar-refractivity contribution is 0.359. The lowest BCUT2D eigenvalue weighted by atomic mass is 10.3. The van der Waals surface area contributed by atoms with E-state index in [1.807, 2.05) is 29.6 Å². The minimum absolute atomic E-state index is 0.542. The minimum Gasteiger partial charge on any atom is -0.338 e. The molecule has 1 saturated heterocycles. The van der Waals surface area contributed by atoms with E-state index in [-0.39, 0.29) is 0 Å². The summed E-state index contributed by atoms with van der Waals surface area (Å²) in [5.41, 5.74) is 0. The Morgan fingerprint density at radius 2 is 2.15 bits per heavy atom. The van der Waals surface area contributed by atoms with Crippen LogP contribution in [0.1, 0.15) is 16.6 Å². The number of aromatic nitrogens is 2. The fourth-order valence-electron chi connectivity index (χ4n) is 1.97. The van der Waals surface area contributed by atoms with Crippen LogP contribution in [0.15, 0.2) is 22.0 Å². The van der Waals surface area contributed by atoms with Crippen LogP contribution in [0, 0.1) is 0 Å². The maximum Gasteiger partial charge on any atom is 0.240 e. The summed E-state index contributed by atoms with van der Waals surface area (Å²) in [5.74, 6) is 6.32. The fraction of sp³-hybridized carbons (Fsp3) is 0.538. The highest BCUT2D eigenvalue weighted by atomic mass is 32.2. The van der Waals surface area contributed by atoms with E-state index in [0.29, 0.717) is 18.5 Å². The Kier molecular flexibility index (Phi) is 5.41. The van der Waals surface area contributed by atoms with Gasteiger partial charge < -0.3 is 9.84 Å². The molecule has 0 unspecified atom stereocenters. The molecule has 0 radical (unpaired) electrons. The first-order valence-corrected chi connectivity index (χ1v) is 9.82. The molecule has 3 rings (SSSR count). The molecule has 0 bridgehead atoms. The number of hydrogen-bond acceptors (Lipinski definition) is 7. The van der Waals surface area contributed by atoms with Gasteiger partial charge in [-0.2, -0.15) is 28.5 Å². The number of nitrogens with one attached hydrogen (secondary N) is 1. The zero-order valence-electron chi connectivity index (χ0n) is 11.1. The highest BCUT2D eigenvalue weighted by Crippen LogP contribution is 2.17. The van der Waals surface area contributed by atoms with Gasteiger partial charge >= 0.3 is 0 Å². The molecule has 108 valence electrons. The highest BCUT2D eigenvalue weighted by molar-refractivity contribution is 8.03. The topological polar surface area (TPSA) is 51.0 Å². The SMILES string of the molecule is c1csc(Cc2noc(CNC3CSCCSC3)n2)c1. The van der Waals surface area contributed by atoms with Crippen molar-refractivity contribution in [3.05, 3.63) is 34.1 Å². The number of hydrogen-bond donors (Lipinski definition) is 1. The van der Waals surface area contributed by atoms with Gasteiger partial charge in [0.1, 0.15) is 0 Å². The van der Waals surface area contributed by atoms with Crippen LogP contribution in [0.4, 0.5) is 0 Å². The second-order valence-corrected chi connectivity index (χ2v) is 7.92. The van der Waals surface area contributed by atoms with Crippen molar-refractivity contribution in [2.75, 3.05) is 23.0 Å². The molecule has 4 nitrogen and oxygen atoms in total. The molecule has 0 aromatic carbocycles. The third-order valence-electron chi connectivity index (χ3n) is 2.97. The largest absolute Gasteiger partial charge is 0.338 e. The van der Waals surface area contributed by atoms with Gasteiger partial charge in [-0.3, -0.25) is 0 Å². The summed E-state index contributed by atoms with van der Waals surface area (Å²) in [5, 5.41) is 9.63. The predicted molar refractivity (Wildman–Crippen MR) is 86.7 cm³/mol. The van der Waals surface area contributed by atoms with Crippen LogP contribution >= 0.6 is 34.9 Å². The molecule has 1 aliphatic rings. The second kappa shape index (κ2) is 7.49. The van der Waals surface area contributed by atoms with Gasteiger partial charge in [-0.1, -0.05) is 11.2 Å². The average Bonchev–Trinajstić information content (AvgIpc) is 3.05. The van der Waals surface area contributed by atoms with E-state index < -0.39 is 0 Å². The van der Waals surface area contributed by atoms with Gasteiger partial charge in [0.25, 0.3) is 0 Å². The third kappa shape index (κ3) is 4.25. The van der Waals surface area contributed by atoms with Crippen molar-refractivity contribution in [2.24, 2.45) is 0 Å². The van der Waals surface area contributed by atoms with E-state index in [2.05, 4.69) is 26.9 Å². The lowest BCUT2D eigenvalue weighted by Gasteiger charge is -2.13. The van der Waals surface area contributed by atoms with E-state index in [1.165, 1.54) is 27.9 Å². The molecular formula is C13H17N3OS3. The van der Waals surface area contributed by atoms with Gasteiger partial charge in [0.15, 0.2) is 5.82 Å².